The fourth-order valence-corrected chi connectivity index (χ4v) is 3.23. The number of thiazole rings is 1. The number of aromatic nitrogens is 1. The summed E-state index contributed by atoms with van der Waals surface area (Å²) >= 11 is 1.74. The lowest BCUT2D eigenvalue weighted by Crippen LogP contribution is -2.17. The van der Waals surface area contributed by atoms with Gasteiger partial charge in [0.15, 0.2) is 5.13 Å². The Bertz CT molecular complexity index is 575. The summed E-state index contributed by atoms with van der Waals surface area (Å²) in [6, 6.07) is 6.45. The first-order valence-corrected chi connectivity index (χ1v) is 7.62. The molecular formula is C15H20N2OS. The van der Waals surface area contributed by atoms with E-state index in [1.807, 2.05) is 0 Å². The quantitative estimate of drug-likeness (QED) is 0.870. The summed E-state index contributed by atoms with van der Waals surface area (Å²) in [6.45, 7) is 3.99. The number of methoxy groups -OCH3 is 1. The molecule has 3 nitrogen and oxygen atoms in total. The molecule has 0 unspecified atom stereocenters. The van der Waals surface area contributed by atoms with Gasteiger partial charge in [0.1, 0.15) is 0 Å². The number of fused-ring (bicyclic) bond motifs is 1. The van der Waals surface area contributed by atoms with Gasteiger partial charge in [0, 0.05) is 20.3 Å². The van der Waals surface area contributed by atoms with E-state index in [-0.39, 0.29) is 0 Å². The third kappa shape index (κ3) is 2.90. The number of hydrogen-bond acceptors (Lipinski definition) is 4. The molecule has 1 aliphatic carbocycles. The van der Waals surface area contributed by atoms with E-state index in [1.54, 1.807) is 18.4 Å². The van der Waals surface area contributed by atoms with Gasteiger partial charge in [-0.1, -0.05) is 17.4 Å². The largest absolute Gasteiger partial charge is 0.385 e. The Balaban J connectivity index is 1.65. The molecule has 4 heteroatoms. The van der Waals surface area contributed by atoms with Crippen molar-refractivity contribution in [2.75, 3.05) is 25.6 Å². The highest BCUT2D eigenvalue weighted by Gasteiger charge is 2.41. The number of rotatable bonds is 6. The standard InChI is InChI=1S/C15H20N2OS/c1-11-3-4-13-12(9-11)17-14(19-13)16-10-15(5-6-15)7-8-18-2/h3-4,9H,5-8,10H2,1-2H3,(H,16,17). The molecular weight excluding hydrogens is 256 g/mol. The van der Waals surface area contributed by atoms with Crippen LogP contribution in [0.2, 0.25) is 0 Å². The third-order valence-electron chi connectivity index (χ3n) is 3.95. The lowest BCUT2D eigenvalue weighted by molar-refractivity contribution is 0.175. The maximum Gasteiger partial charge on any atom is 0.183 e. The number of aryl methyl sites for hydroxylation is 1. The van der Waals surface area contributed by atoms with E-state index in [9.17, 15) is 0 Å². The SMILES string of the molecule is COCCC1(CNc2nc3cc(C)ccc3s2)CC1. The van der Waals surface area contributed by atoms with Gasteiger partial charge < -0.3 is 10.1 Å². The normalized spacial score (nSPS) is 16.7. The van der Waals surface area contributed by atoms with Crippen molar-refractivity contribution < 1.29 is 4.74 Å². The number of ether oxygens (including phenoxy) is 1. The minimum absolute atomic E-state index is 0.462. The van der Waals surface area contributed by atoms with Crippen molar-refractivity contribution in [1.29, 1.82) is 0 Å². The second-order valence-corrected chi connectivity index (χ2v) is 6.62. The van der Waals surface area contributed by atoms with Gasteiger partial charge in [-0.3, -0.25) is 0 Å². The first-order chi connectivity index (χ1) is 9.21. The highest BCUT2D eigenvalue weighted by atomic mass is 32.1. The van der Waals surface area contributed by atoms with E-state index in [4.69, 9.17) is 4.74 Å². The Morgan fingerprint density at radius 3 is 3.00 bits per heavy atom. The molecule has 2 aromatic rings. The molecule has 102 valence electrons. The van der Waals surface area contributed by atoms with Crippen molar-refractivity contribution in [2.45, 2.75) is 26.2 Å². The minimum atomic E-state index is 0.462. The molecule has 0 spiro atoms. The van der Waals surface area contributed by atoms with E-state index in [2.05, 4.69) is 35.4 Å². The zero-order valence-electron chi connectivity index (χ0n) is 11.5. The van der Waals surface area contributed by atoms with Gasteiger partial charge >= 0.3 is 0 Å². The van der Waals surface area contributed by atoms with Crippen molar-refractivity contribution in [3.05, 3.63) is 23.8 Å². The fraction of sp³-hybridized carbons (Fsp3) is 0.533. The molecule has 0 radical (unpaired) electrons. The molecule has 0 atom stereocenters. The second kappa shape index (κ2) is 5.10. The molecule has 1 heterocycles. The van der Waals surface area contributed by atoms with Crippen LogP contribution in [0.15, 0.2) is 18.2 Å². The van der Waals surface area contributed by atoms with Crippen LogP contribution in [0.5, 0.6) is 0 Å². The van der Waals surface area contributed by atoms with Crippen molar-refractivity contribution >= 4 is 26.7 Å². The Labute approximate surface area is 118 Å². The van der Waals surface area contributed by atoms with Crippen LogP contribution in [0.3, 0.4) is 0 Å². The predicted molar refractivity (Wildman–Crippen MR) is 81.0 cm³/mol. The van der Waals surface area contributed by atoms with Crippen molar-refractivity contribution in [2.24, 2.45) is 5.41 Å². The molecule has 1 fully saturated rings. The van der Waals surface area contributed by atoms with Crippen LogP contribution in [0.1, 0.15) is 24.8 Å². The molecule has 1 aliphatic rings. The van der Waals surface area contributed by atoms with Crippen molar-refractivity contribution in [3.8, 4) is 0 Å². The number of anilines is 1. The molecule has 0 amide bonds. The molecule has 1 aromatic heterocycles. The van der Waals surface area contributed by atoms with E-state index in [0.717, 1.165) is 30.2 Å². The fourth-order valence-electron chi connectivity index (χ4n) is 2.39. The van der Waals surface area contributed by atoms with Gasteiger partial charge in [-0.15, -0.1) is 0 Å². The van der Waals surface area contributed by atoms with Crippen LogP contribution < -0.4 is 5.32 Å². The van der Waals surface area contributed by atoms with Crippen molar-refractivity contribution in [1.82, 2.24) is 4.98 Å². The lowest BCUT2D eigenvalue weighted by atomic mass is 10.0. The van der Waals surface area contributed by atoms with Gasteiger partial charge in [-0.25, -0.2) is 4.98 Å². The van der Waals surface area contributed by atoms with Crippen LogP contribution in [-0.2, 0) is 4.74 Å². The number of nitrogens with zero attached hydrogens (tertiary/aromatic N) is 1. The average molecular weight is 276 g/mol. The Kier molecular flexibility index (Phi) is 3.46. The Morgan fingerprint density at radius 2 is 2.26 bits per heavy atom. The highest BCUT2D eigenvalue weighted by molar-refractivity contribution is 7.22. The molecule has 0 bridgehead atoms. The summed E-state index contributed by atoms with van der Waals surface area (Å²) in [5.41, 5.74) is 2.83. The van der Waals surface area contributed by atoms with Crippen LogP contribution in [0, 0.1) is 12.3 Å². The minimum Gasteiger partial charge on any atom is -0.385 e. The van der Waals surface area contributed by atoms with E-state index >= 15 is 0 Å². The zero-order valence-corrected chi connectivity index (χ0v) is 12.3. The van der Waals surface area contributed by atoms with Gasteiger partial charge in [-0.2, -0.15) is 0 Å². The zero-order chi connectivity index (χ0) is 13.3. The van der Waals surface area contributed by atoms with E-state index in [1.165, 1.54) is 23.1 Å². The Morgan fingerprint density at radius 1 is 1.42 bits per heavy atom. The maximum absolute atomic E-state index is 5.19. The van der Waals surface area contributed by atoms with Gasteiger partial charge in [-0.05, 0) is 49.3 Å². The summed E-state index contributed by atoms with van der Waals surface area (Å²) in [5.74, 6) is 0. The molecule has 0 saturated heterocycles. The first-order valence-electron chi connectivity index (χ1n) is 6.81. The molecule has 1 saturated carbocycles. The molecule has 1 N–H and O–H groups in total. The van der Waals surface area contributed by atoms with Gasteiger partial charge in [0.05, 0.1) is 10.2 Å². The summed E-state index contributed by atoms with van der Waals surface area (Å²) in [5, 5.41) is 4.56. The van der Waals surface area contributed by atoms with Gasteiger partial charge in [0.25, 0.3) is 0 Å². The third-order valence-corrected chi connectivity index (χ3v) is 4.95. The average Bonchev–Trinajstić information content (AvgIpc) is 3.06. The summed E-state index contributed by atoms with van der Waals surface area (Å²) in [7, 11) is 1.78. The van der Waals surface area contributed by atoms with E-state index < -0.39 is 0 Å². The Hall–Kier alpha value is -1.13. The lowest BCUT2D eigenvalue weighted by Gasteiger charge is -2.14. The molecule has 0 aliphatic heterocycles. The summed E-state index contributed by atoms with van der Waals surface area (Å²) in [4.78, 5) is 4.66. The number of benzene rings is 1. The molecule has 1 aromatic carbocycles. The van der Waals surface area contributed by atoms with Crippen molar-refractivity contribution in [3.63, 3.8) is 0 Å². The molecule has 19 heavy (non-hydrogen) atoms. The number of hydrogen-bond donors (Lipinski definition) is 1. The summed E-state index contributed by atoms with van der Waals surface area (Å²) < 4.78 is 6.45. The van der Waals surface area contributed by atoms with E-state index in [0.29, 0.717) is 5.41 Å². The number of nitrogens with one attached hydrogen (secondary N) is 1. The van der Waals surface area contributed by atoms with Crippen LogP contribution in [0.4, 0.5) is 5.13 Å². The monoisotopic (exact) mass is 276 g/mol. The van der Waals surface area contributed by atoms with Crippen LogP contribution >= 0.6 is 11.3 Å². The van der Waals surface area contributed by atoms with Gasteiger partial charge in [0.2, 0.25) is 0 Å². The molecule has 3 rings (SSSR count). The summed E-state index contributed by atoms with van der Waals surface area (Å²) in [6.07, 6.45) is 3.78. The topological polar surface area (TPSA) is 34.1 Å². The maximum atomic E-state index is 5.19. The first kappa shape index (κ1) is 12.9. The van der Waals surface area contributed by atoms with Crippen LogP contribution in [-0.4, -0.2) is 25.2 Å². The smallest absolute Gasteiger partial charge is 0.183 e. The second-order valence-electron chi connectivity index (χ2n) is 5.59. The van der Waals surface area contributed by atoms with Crippen LogP contribution in [0.25, 0.3) is 10.2 Å². The predicted octanol–water partition coefficient (Wildman–Crippen LogP) is 3.83. The highest BCUT2D eigenvalue weighted by Crippen LogP contribution is 2.48.